The number of carbonyl (C=O) groups is 2. The van der Waals surface area contributed by atoms with Gasteiger partial charge in [-0.15, -0.1) is 5.10 Å². The largest absolute Gasteiger partial charge is 0.349 e. The van der Waals surface area contributed by atoms with Crippen LogP contribution in [-0.4, -0.2) is 26.9 Å². The Hall–Kier alpha value is -3.06. The fourth-order valence-corrected chi connectivity index (χ4v) is 3.86. The molecule has 1 heterocycles. The smallest absolute Gasteiger partial charge is 0.280 e. The Labute approximate surface area is 187 Å². The highest BCUT2D eigenvalue weighted by atomic mass is 32.1. The van der Waals surface area contributed by atoms with Gasteiger partial charge in [0, 0.05) is 16.6 Å². The number of nitrogens with zero attached hydrogens (tertiary/aromatic N) is 3. The van der Waals surface area contributed by atoms with Crippen molar-refractivity contribution in [2.45, 2.75) is 53.1 Å². The van der Waals surface area contributed by atoms with Crippen molar-refractivity contribution in [3.8, 4) is 0 Å². The fourth-order valence-electron chi connectivity index (χ4n) is 3.43. The van der Waals surface area contributed by atoms with Crippen molar-refractivity contribution >= 4 is 29.0 Å². The number of benzene rings is 2. The molecule has 3 aromatic rings. The predicted molar refractivity (Wildman–Crippen MR) is 124 cm³/mol. The number of nitrogens with one attached hydrogen (secondary N) is 1. The zero-order valence-corrected chi connectivity index (χ0v) is 19.6. The van der Waals surface area contributed by atoms with Gasteiger partial charge in [0.1, 0.15) is 6.04 Å². The lowest BCUT2D eigenvalue weighted by atomic mass is 9.98. The van der Waals surface area contributed by atoms with Crippen molar-refractivity contribution in [3.05, 3.63) is 75.8 Å². The summed E-state index contributed by atoms with van der Waals surface area (Å²) in [4.78, 5) is 28.8. The molecule has 162 valence electrons. The van der Waals surface area contributed by atoms with Gasteiger partial charge >= 0.3 is 0 Å². The number of hydrogen-bond donors (Lipinski definition) is 1. The van der Waals surface area contributed by atoms with Crippen LogP contribution >= 0.6 is 11.5 Å². The minimum Gasteiger partial charge on any atom is -0.349 e. The van der Waals surface area contributed by atoms with Crippen LogP contribution in [0.2, 0.25) is 0 Å². The first kappa shape index (κ1) is 22.6. The molecule has 0 fully saturated rings. The molecule has 0 aliphatic heterocycles. The number of anilines is 1. The average Bonchev–Trinajstić information content (AvgIpc) is 3.21. The Morgan fingerprint density at radius 1 is 1.00 bits per heavy atom. The molecule has 0 radical (unpaired) electrons. The zero-order chi connectivity index (χ0) is 22.8. The summed E-state index contributed by atoms with van der Waals surface area (Å²) >= 11 is 1.11. The van der Waals surface area contributed by atoms with Crippen LogP contribution in [0.3, 0.4) is 0 Å². The molecule has 0 aliphatic carbocycles. The molecule has 6 nitrogen and oxygen atoms in total. The van der Waals surface area contributed by atoms with Crippen molar-refractivity contribution in [2.75, 3.05) is 4.90 Å². The Balaban J connectivity index is 2.21. The molecule has 3 rings (SSSR count). The molecule has 0 bridgehead atoms. The van der Waals surface area contributed by atoms with Crippen LogP contribution in [0, 0.1) is 20.8 Å². The van der Waals surface area contributed by atoms with E-state index in [4.69, 9.17) is 0 Å². The van der Waals surface area contributed by atoms with E-state index >= 15 is 0 Å². The van der Waals surface area contributed by atoms with Crippen LogP contribution in [0.1, 0.15) is 59.6 Å². The zero-order valence-electron chi connectivity index (χ0n) is 18.8. The number of rotatable bonds is 5. The van der Waals surface area contributed by atoms with Gasteiger partial charge in [-0.25, -0.2) is 0 Å². The normalized spacial score (nSPS) is 12.3. The first-order valence-electron chi connectivity index (χ1n) is 10.1. The summed E-state index contributed by atoms with van der Waals surface area (Å²) in [6.45, 7) is 11.7. The van der Waals surface area contributed by atoms with Gasteiger partial charge in [-0.05, 0) is 70.3 Å². The standard InChI is InChI=1S/C24H28N4O2S/c1-15-7-10-18(11-8-15)21(22(29)25-24(4,5)6)28(23(30)19-14-31-27-26-19)20-12-9-16(2)13-17(20)3/h7-14,21H,1-6H3,(H,25,29). The first-order valence-corrected chi connectivity index (χ1v) is 11.0. The SMILES string of the molecule is Cc1ccc(C(C(=O)NC(C)(C)C)N(C(=O)c2csnn2)c2ccc(C)cc2C)cc1. The molecule has 7 heteroatoms. The summed E-state index contributed by atoms with van der Waals surface area (Å²) in [5, 5.41) is 8.63. The van der Waals surface area contributed by atoms with Crippen molar-refractivity contribution < 1.29 is 9.59 Å². The van der Waals surface area contributed by atoms with Crippen LogP contribution in [-0.2, 0) is 4.79 Å². The van der Waals surface area contributed by atoms with Gasteiger partial charge in [-0.3, -0.25) is 14.5 Å². The summed E-state index contributed by atoms with van der Waals surface area (Å²) < 4.78 is 3.85. The van der Waals surface area contributed by atoms with Crippen molar-refractivity contribution in [1.82, 2.24) is 14.9 Å². The van der Waals surface area contributed by atoms with E-state index in [2.05, 4.69) is 14.9 Å². The van der Waals surface area contributed by atoms with E-state index in [-0.39, 0.29) is 17.5 Å². The number of carbonyl (C=O) groups excluding carboxylic acids is 2. The lowest BCUT2D eigenvalue weighted by Gasteiger charge is -2.34. The topological polar surface area (TPSA) is 75.2 Å². The molecular weight excluding hydrogens is 408 g/mol. The van der Waals surface area contributed by atoms with Gasteiger partial charge in [0.05, 0.1) is 0 Å². The van der Waals surface area contributed by atoms with Crippen LogP contribution in [0.15, 0.2) is 47.8 Å². The second-order valence-electron chi connectivity index (χ2n) is 8.81. The molecule has 0 saturated carbocycles. The second-order valence-corrected chi connectivity index (χ2v) is 9.42. The summed E-state index contributed by atoms with van der Waals surface area (Å²) in [6, 6.07) is 12.6. The lowest BCUT2D eigenvalue weighted by molar-refractivity contribution is -0.123. The average molecular weight is 437 g/mol. The van der Waals surface area contributed by atoms with E-state index < -0.39 is 11.6 Å². The molecule has 1 aromatic heterocycles. The summed E-state index contributed by atoms with van der Waals surface area (Å²) in [6.07, 6.45) is 0. The lowest BCUT2D eigenvalue weighted by Crippen LogP contribution is -2.49. The molecule has 2 aromatic carbocycles. The molecule has 0 spiro atoms. The van der Waals surface area contributed by atoms with E-state index in [1.54, 1.807) is 5.38 Å². The highest BCUT2D eigenvalue weighted by molar-refractivity contribution is 7.03. The van der Waals surface area contributed by atoms with Crippen LogP contribution in [0.4, 0.5) is 5.69 Å². The van der Waals surface area contributed by atoms with Gasteiger partial charge in [-0.1, -0.05) is 52.0 Å². The molecular formula is C24H28N4O2S. The van der Waals surface area contributed by atoms with E-state index in [9.17, 15) is 9.59 Å². The maximum absolute atomic E-state index is 13.6. The summed E-state index contributed by atoms with van der Waals surface area (Å²) in [7, 11) is 0. The van der Waals surface area contributed by atoms with Gasteiger partial charge in [0.2, 0.25) is 5.91 Å². The maximum Gasteiger partial charge on any atom is 0.280 e. The van der Waals surface area contributed by atoms with Crippen LogP contribution in [0.5, 0.6) is 0 Å². The highest BCUT2D eigenvalue weighted by Crippen LogP contribution is 2.33. The molecule has 1 unspecified atom stereocenters. The Bertz CT molecular complexity index is 1070. The third-order valence-corrected chi connectivity index (χ3v) is 5.31. The summed E-state index contributed by atoms with van der Waals surface area (Å²) in [5.74, 6) is -0.622. The van der Waals surface area contributed by atoms with Gasteiger partial charge < -0.3 is 5.32 Å². The third kappa shape index (κ3) is 5.35. The van der Waals surface area contributed by atoms with Crippen LogP contribution < -0.4 is 10.2 Å². The van der Waals surface area contributed by atoms with E-state index in [1.165, 1.54) is 4.90 Å². The van der Waals surface area contributed by atoms with E-state index in [1.807, 2.05) is 84.0 Å². The number of aromatic nitrogens is 2. The first-order chi connectivity index (χ1) is 14.6. The van der Waals surface area contributed by atoms with Crippen molar-refractivity contribution in [1.29, 1.82) is 0 Å². The Morgan fingerprint density at radius 2 is 1.65 bits per heavy atom. The van der Waals surface area contributed by atoms with E-state index in [0.717, 1.165) is 33.8 Å². The quantitative estimate of drug-likeness (QED) is 0.625. The Morgan fingerprint density at radius 3 is 2.19 bits per heavy atom. The molecule has 1 atom stereocenters. The molecule has 2 amide bonds. The minimum atomic E-state index is -0.865. The monoisotopic (exact) mass is 436 g/mol. The fraction of sp³-hybridized carbons (Fsp3) is 0.333. The van der Waals surface area contributed by atoms with Gasteiger partial charge in [-0.2, -0.15) is 0 Å². The van der Waals surface area contributed by atoms with Crippen molar-refractivity contribution in [3.63, 3.8) is 0 Å². The third-order valence-electron chi connectivity index (χ3n) is 4.81. The van der Waals surface area contributed by atoms with E-state index in [0.29, 0.717) is 5.69 Å². The number of aryl methyl sites for hydroxylation is 3. The van der Waals surface area contributed by atoms with Crippen molar-refractivity contribution in [2.24, 2.45) is 0 Å². The summed E-state index contributed by atoms with van der Waals surface area (Å²) in [5.41, 5.74) is 4.20. The second kappa shape index (κ2) is 8.98. The molecule has 0 saturated heterocycles. The predicted octanol–water partition coefficient (Wildman–Crippen LogP) is 4.77. The minimum absolute atomic E-state index is 0.214. The molecule has 1 N–H and O–H groups in total. The number of hydrogen-bond acceptors (Lipinski definition) is 5. The van der Waals surface area contributed by atoms with Gasteiger partial charge in [0.15, 0.2) is 5.69 Å². The maximum atomic E-state index is 13.6. The van der Waals surface area contributed by atoms with Gasteiger partial charge in [0.25, 0.3) is 5.91 Å². The number of amides is 2. The highest BCUT2D eigenvalue weighted by Gasteiger charge is 2.36. The Kier molecular flexibility index (Phi) is 6.55. The molecule has 0 aliphatic rings. The molecule has 31 heavy (non-hydrogen) atoms. The van der Waals surface area contributed by atoms with Crippen LogP contribution in [0.25, 0.3) is 0 Å².